The molecule has 0 aliphatic heterocycles. The molecule has 1 unspecified atom stereocenters. The minimum absolute atomic E-state index is 0.107. The lowest BCUT2D eigenvalue weighted by Crippen LogP contribution is -2.45. The third-order valence-corrected chi connectivity index (χ3v) is 2.84. The van der Waals surface area contributed by atoms with Gasteiger partial charge in [-0.3, -0.25) is 9.59 Å². The predicted molar refractivity (Wildman–Crippen MR) is 69.9 cm³/mol. The highest BCUT2D eigenvalue weighted by molar-refractivity contribution is 5.82. The zero-order chi connectivity index (χ0) is 14.0. The van der Waals surface area contributed by atoms with Crippen LogP contribution in [0.1, 0.15) is 26.7 Å². The van der Waals surface area contributed by atoms with Crippen LogP contribution in [0.4, 0.5) is 0 Å². The third kappa shape index (κ3) is 7.24. The van der Waals surface area contributed by atoms with E-state index in [2.05, 4.69) is 10.6 Å². The summed E-state index contributed by atoms with van der Waals surface area (Å²) in [6, 6.07) is -0.508. The van der Waals surface area contributed by atoms with Gasteiger partial charge in [-0.15, -0.1) is 0 Å². The fraction of sp³-hybridized carbons (Fsp3) is 0.833. The SMILES string of the molecule is CCC(C)[C@H](N)C(=O)NCCC(=O)NCCOC. The van der Waals surface area contributed by atoms with Crippen LogP contribution >= 0.6 is 0 Å². The number of methoxy groups -OCH3 is 1. The molecule has 0 saturated carbocycles. The molecule has 0 rings (SSSR count). The molecule has 0 aliphatic rings. The Bertz CT molecular complexity index is 259. The first kappa shape index (κ1) is 16.9. The van der Waals surface area contributed by atoms with Crippen LogP contribution in [-0.4, -0.2) is 44.7 Å². The molecule has 0 aliphatic carbocycles. The van der Waals surface area contributed by atoms with Gasteiger partial charge in [0, 0.05) is 26.6 Å². The molecule has 0 aromatic carbocycles. The molecule has 0 aromatic heterocycles. The number of ether oxygens (including phenoxy) is 1. The molecule has 106 valence electrons. The van der Waals surface area contributed by atoms with E-state index in [-0.39, 0.29) is 24.2 Å². The Balaban J connectivity index is 3.70. The summed E-state index contributed by atoms with van der Waals surface area (Å²) in [6.45, 7) is 5.19. The molecule has 0 bridgehead atoms. The van der Waals surface area contributed by atoms with Crippen molar-refractivity contribution in [3.05, 3.63) is 0 Å². The van der Waals surface area contributed by atoms with Crippen molar-refractivity contribution < 1.29 is 14.3 Å². The number of carbonyl (C=O) groups is 2. The predicted octanol–water partition coefficient (Wildman–Crippen LogP) is -0.371. The second kappa shape index (κ2) is 9.85. The molecule has 0 heterocycles. The van der Waals surface area contributed by atoms with Gasteiger partial charge in [-0.2, -0.15) is 0 Å². The average molecular weight is 259 g/mol. The summed E-state index contributed by atoms with van der Waals surface area (Å²) in [5, 5.41) is 5.34. The number of nitrogens with two attached hydrogens (primary N) is 1. The van der Waals surface area contributed by atoms with Crippen LogP contribution in [0.2, 0.25) is 0 Å². The summed E-state index contributed by atoms with van der Waals surface area (Å²) in [4.78, 5) is 22.9. The van der Waals surface area contributed by atoms with Gasteiger partial charge in [-0.1, -0.05) is 20.3 Å². The zero-order valence-corrected chi connectivity index (χ0v) is 11.5. The van der Waals surface area contributed by atoms with E-state index in [0.29, 0.717) is 19.7 Å². The van der Waals surface area contributed by atoms with Gasteiger partial charge in [-0.05, 0) is 5.92 Å². The van der Waals surface area contributed by atoms with E-state index in [0.717, 1.165) is 6.42 Å². The van der Waals surface area contributed by atoms with Crippen molar-refractivity contribution in [1.29, 1.82) is 0 Å². The minimum atomic E-state index is -0.508. The Kier molecular flexibility index (Phi) is 9.22. The molecular formula is C12H25N3O3. The number of carbonyl (C=O) groups excluding carboxylic acids is 2. The first-order chi connectivity index (χ1) is 8.52. The van der Waals surface area contributed by atoms with Gasteiger partial charge in [0.2, 0.25) is 11.8 Å². The smallest absolute Gasteiger partial charge is 0.237 e. The third-order valence-electron chi connectivity index (χ3n) is 2.84. The van der Waals surface area contributed by atoms with E-state index < -0.39 is 6.04 Å². The largest absolute Gasteiger partial charge is 0.383 e. The lowest BCUT2D eigenvalue weighted by Gasteiger charge is -2.17. The van der Waals surface area contributed by atoms with Crippen LogP contribution in [0.15, 0.2) is 0 Å². The Labute approximate surface area is 109 Å². The summed E-state index contributed by atoms with van der Waals surface area (Å²) in [5.74, 6) is -0.168. The maximum absolute atomic E-state index is 11.6. The Morgan fingerprint density at radius 3 is 2.50 bits per heavy atom. The van der Waals surface area contributed by atoms with Crippen molar-refractivity contribution in [1.82, 2.24) is 10.6 Å². The van der Waals surface area contributed by atoms with Crippen LogP contribution in [0.3, 0.4) is 0 Å². The summed E-state index contributed by atoms with van der Waals surface area (Å²) in [6.07, 6.45) is 1.11. The monoisotopic (exact) mass is 259 g/mol. The first-order valence-corrected chi connectivity index (χ1v) is 6.31. The van der Waals surface area contributed by atoms with Gasteiger partial charge in [0.25, 0.3) is 0 Å². The highest BCUT2D eigenvalue weighted by atomic mass is 16.5. The van der Waals surface area contributed by atoms with Crippen molar-refractivity contribution in [3.8, 4) is 0 Å². The average Bonchev–Trinajstić information content (AvgIpc) is 2.37. The molecule has 6 nitrogen and oxygen atoms in total. The summed E-state index contributed by atoms with van der Waals surface area (Å²) in [5.41, 5.74) is 5.76. The highest BCUT2D eigenvalue weighted by Crippen LogP contribution is 2.04. The fourth-order valence-corrected chi connectivity index (χ4v) is 1.31. The molecule has 0 saturated heterocycles. The molecule has 0 aromatic rings. The van der Waals surface area contributed by atoms with Crippen molar-refractivity contribution >= 4 is 11.8 Å². The van der Waals surface area contributed by atoms with E-state index in [9.17, 15) is 9.59 Å². The molecular weight excluding hydrogens is 234 g/mol. The van der Waals surface area contributed by atoms with E-state index in [4.69, 9.17) is 10.5 Å². The number of nitrogens with one attached hydrogen (secondary N) is 2. The van der Waals surface area contributed by atoms with Crippen LogP contribution in [0.5, 0.6) is 0 Å². The normalized spacial score (nSPS) is 13.8. The van der Waals surface area contributed by atoms with Crippen LogP contribution in [0.25, 0.3) is 0 Å². The minimum Gasteiger partial charge on any atom is -0.383 e. The molecule has 2 amide bonds. The molecule has 18 heavy (non-hydrogen) atoms. The summed E-state index contributed by atoms with van der Waals surface area (Å²) < 4.78 is 4.80. The van der Waals surface area contributed by atoms with Crippen LogP contribution in [-0.2, 0) is 14.3 Å². The number of amides is 2. The Morgan fingerprint density at radius 2 is 1.94 bits per heavy atom. The van der Waals surface area contributed by atoms with Crippen molar-refractivity contribution in [3.63, 3.8) is 0 Å². The van der Waals surface area contributed by atoms with Crippen molar-refractivity contribution in [2.45, 2.75) is 32.7 Å². The number of hydrogen-bond acceptors (Lipinski definition) is 4. The zero-order valence-electron chi connectivity index (χ0n) is 11.5. The Hall–Kier alpha value is -1.14. The van der Waals surface area contributed by atoms with Gasteiger partial charge >= 0.3 is 0 Å². The van der Waals surface area contributed by atoms with Crippen molar-refractivity contribution in [2.24, 2.45) is 11.7 Å². The second-order valence-electron chi connectivity index (χ2n) is 4.30. The molecule has 0 fully saturated rings. The summed E-state index contributed by atoms with van der Waals surface area (Å²) in [7, 11) is 1.57. The lowest BCUT2D eigenvalue weighted by atomic mass is 9.99. The van der Waals surface area contributed by atoms with Gasteiger partial charge in [0.15, 0.2) is 0 Å². The second-order valence-corrected chi connectivity index (χ2v) is 4.30. The molecule has 6 heteroatoms. The quantitative estimate of drug-likeness (QED) is 0.492. The number of hydrogen-bond donors (Lipinski definition) is 3. The summed E-state index contributed by atoms with van der Waals surface area (Å²) >= 11 is 0. The first-order valence-electron chi connectivity index (χ1n) is 6.31. The van der Waals surface area contributed by atoms with Gasteiger partial charge < -0.3 is 21.1 Å². The molecule has 4 N–H and O–H groups in total. The van der Waals surface area contributed by atoms with E-state index in [1.807, 2.05) is 13.8 Å². The van der Waals surface area contributed by atoms with Crippen molar-refractivity contribution in [2.75, 3.05) is 26.8 Å². The maximum atomic E-state index is 11.6. The van der Waals surface area contributed by atoms with Gasteiger partial charge in [0.05, 0.1) is 12.6 Å². The van der Waals surface area contributed by atoms with E-state index >= 15 is 0 Å². The van der Waals surface area contributed by atoms with E-state index in [1.54, 1.807) is 7.11 Å². The molecule has 0 spiro atoms. The van der Waals surface area contributed by atoms with Crippen LogP contribution in [0, 0.1) is 5.92 Å². The fourth-order valence-electron chi connectivity index (χ4n) is 1.31. The van der Waals surface area contributed by atoms with Gasteiger partial charge in [-0.25, -0.2) is 0 Å². The lowest BCUT2D eigenvalue weighted by molar-refractivity contribution is -0.124. The number of rotatable bonds is 9. The topological polar surface area (TPSA) is 93.5 Å². The van der Waals surface area contributed by atoms with Crippen LogP contribution < -0.4 is 16.4 Å². The van der Waals surface area contributed by atoms with E-state index in [1.165, 1.54) is 0 Å². The standard InChI is InChI=1S/C12H25N3O3/c1-4-9(2)11(13)12(17)15-6-5-10(16)14-7-8-18-3/h9,11H,4-8,13H2,1-3H3,(H,14,16)(H,15,17)/t9?,11-/m0/s1. The molecule has 2 atom stereocenters. The molecule has 0 radical (unpaired) electrons. The maximum Gasteiger partial charge on any atom is 0.237 e. The highest BCUT2D eigenvalue weighted by Gasteiger charge is 2.18. The van der Waals surface area contributed by atoms with Gasteiger partial charge in [0.1, 0.15) is 0 Å². The Morgan fingerprint density at radius 1 is 1.28 bits per heavy atom.